The lowest BCUT2D eigenvalue weighted by Crippen LogP contribution is -2.45. The van der Waals surface area contributed by atoms with E-state index >= 15 is 0 Å². The molecule has 0 N–H and O–H groups in total. The minimum Gasteiger partial charge on any atom is -0.304 e. The molecule has 0 unspecified atom stereocenters. The van der Waals surface area contributed by atoms with E-state index in [1.165, 1.54) is 58.4 Å². The Morgan fingerprint density at radius 1 is 0.882 bits per heavy atom. The molecule has 100 valence electrons. The number of hydrazine groups is 1. The van der Waals surface area contributed by atoms with Crippen LogP contribution in [0.15, 0.2) is 0 Å². The summed E-state index contributed by atoms with van der Waals surface area (Å²) in [6.07, 6.45) is 5.71. The highest BCUT2D eigenvalue weighted by molar-refractivity contribution is 4.81. The van der Waals surface area contributed by atoms with Crippen molar-refractivity contribution in [2.75, 3.05) is 46.8 Å². The zero-order valence-electron chi connectivity index (χ0n) is 11.9. The first-order chi connectivity index (χ1) is 8.20. The molecule has 2 aliphatic rings. The van der Waals surface area contributed by atoms with E-state index < -0.39 is 0 Å². The molecule has 0 aromatic rings. The molecule has 17 heavy (non-hydrogen) atoms. The fraction of sp³-hybridized carbons (Fsp3) is 1.00. The Labute approximate surface area is 107 Å². The second-order valence-electron chi connectivity index (χ2n) is 5.91. The topological polar surface area (TPSA) is 9.72 Å². The van der Waals surface area contributed by atoms with Crippen LogP contribution in [0.4, 0.5) is 0 Å². The van der Waals surface area contributed by atoms with Crippen LogP contribution >= 0.6 is 0 Å². The van der Waals surface area contributed by atoms with Gasteiger partial charge < -0.3 is 4.90 Å². The third kappa shape index (κ3) is 3.43. The molecular formula is C14H29N3. The SMILES string of the molecule is CCN1CCC(C2CCN(N(C)C)CC2)CC1. The van der Waals surface area contributed by atoms with E-state index in [0.29, 0.717) is 0 Å². The van der Waals surface area contributed by atoms with Crippen molar-refractivity contribution in [1.82, 2.24) is 14.9 Å². The van der Waals surface area contributed by atoms with Crippen LogP contribution in [-0.2, 0) is 0 Å². The van der Waals surface area contributed by atoms with Crippen molar-refractivity contribution in [1.29, 1.82) is 0 Å². The second kappa shape index (κ2) is 6.17. The predicted molar refractivity (Wildman–Crippen MR) is 72.8 cm³/mol. The maximum absolute atomic E-state index is 2.60. The molecule has 0 aliphatic carbocycles. The summed E-state index contributed by atoms with van der Waals surface area (Å²) in [7, 11) is 4.33. The molecule has 0 aromatic heterocycles. The molecule has 2 heterocycles. The van der Waals surface area contributed by atoms with Gasteiger partial charge in [0, 0.05) is 27.2 Å². The zero-order valence-corrected chi connectivity index (χ0v) is 11.9. The molecule has 3 heteroatoms. The van der Waals surface area contributed by atoms with Crippen LogP contribution in [0.3, 0.4) is 0 Å². The van der Waals surface area contributed by atoms with Gasteiger partial charge in [0.25, 0.3) is 0 Å². The fourth-order valence-corrected chi connectivity index (χ4v) is 3.50. The average molecular weight is 239 g/mol. The van der Waals surface area contributed by atoms with Gasteiger partial charge in [-0.25, -0.2) is 10.0 Å². The molecule has 2 fully saturated rings. The smallest absolute Gasteiger partial charge is 0.0135 e. The largest absolute Gasteiger partial charge is 0.304 e. The van der Waals surface area contributed by atoms with Crippen LogP contribution in [0.2, 0.25) is 0 Å². The fourth-order valence-electron chi connectivity index (χ4n) is 3.50. The Hall–Kier alpha value is -0.120. The molecule has 2 saturated heterocycles. The first-order valence-corrected chi connectivity index (χ1v) is 7.35. The number of rotatable bonds is 3. The molecule has 0 amide bonds. The van der Waals surface area contributed by atoms with Crippen LogP contribution in [-0.4, -0.2) is 61.7 Å². The molecule has 3 nitrogen and oxygen atoms in total. The molecule has 0 bridgehead atoms. The summed E-state index contributed by atoms with van der Waals surface area (Å²) in [6.45, 7) is 8.75. The minimum absolute atomic E-state index is 1.00. The lowest BCUT2D eigenvalue weighted by molar-refractivity contribution is -0.0199. The van der Waals surface area contributed by atoms with Crippen LogP contribution in [0.25, 0.3) is 0 Å². The Kier molecular flexibility index (Phi) is 4.83. The number of nitrogens with zero attached hydrogens (tertiary/aromatic N) is 3. The molecule has 0 aromatic carbocycles. The van der Waals surface area contributed by atoms with E-state index in [9.17, 15) is 0 Å². The van der Waals surface area contributed by atoms with E-state index in [2.05, 4.69) is 35.9 Å². The third-order valence-electron chi connectivity index (χ3n) is 4.83. The second-order valence-corrected chi connectivity index (χ2v) is 5.91. The average Bonchev–Trinajstić information content (AvgIpc) is 2.39. The van der Waals surface area contributed by atoms with Gasteiger partial charge in [0.15, 0.2) is 0 Å². The third-order valence-corrected chi connectivity index (χ3v) is 4.83. The lowest BCUT2D eigenvalue weighted by Gasteiger charge is -2.41. The lowest BCUT2D eigenvalue weighted by atomic mass is 9.79. The number of piperidine rings is 2. The molecule has 2 rings (SSSR count). The molecule has 0 radical (unpaired) electrons. The monoisotopic (exact) mass is 239 g/mol. The summed E-state index contributed by atoms with van der Waals surface area (Å²) >= 11 is 0. The van der Waals surface area contributed by atoms with E-state index in [-0.39, 0.29) is 0 Å². The summed E-state index contributed by atoms with van der Waals surface area (Å²) < 4.78 is 0. The van der Waals surface area contributed by atoms with Crippen molar-refractivity contribution in [2.45, 2.75) is 32.6 Å². The highest BCUT2D eigenvalue weighted by atomic mass is 15.6. The zero-order chi connectivity index (χ0) is 12.3. The summed E-state index contributed by atoms with van der Waals surface area (Å²) in [5, 5.41) is 4.74. The van der Waals surface area contributed by atoms with Crippen LogP contribution in [0.5, 0.6) is 0 Å². The predicted octanol–water partition coefficient (Wildman–Crippen LogP) is 1.91. The Bertz CT molecular complexity index is 214. The Morgan fingerprint density at radius 3 is 1.76 bits per heavy atom. The first-order valence-electron chi connectivity index (χ1n) is 7.35. The van der Waals surface area contributed by atoms with Crippen molar-refractivity contribution >= 4 is 0 Å². The van der Waals surface area contributed by atoms with Crippen LogP contribution in [0, 0.1) is 11.8 Å². The van der Waals surface area contributed by atoms with E-state index in [4.69, 9.17) is 0 Å². The van der Waals surface area contributed by atoms with Gasteiger partial charge >= 0.3 is 0 Å². The van der Waals surface area contributed by atoms with Gasteiger partial charge in [-0.1, -0.05) is 6.92 Å². The van der Waals surface area contributed by atoms with E-state index in [1.54, 1.807) is 0 Å². The molecule has 2 aliphatic heterocycles. The maximum Gasteiger partial charge on any atom is 0.0135 e. The minimum atomic E-state index is 1.00. The number of hydrogen-bond acceptors (Lipinski definition) is 3. The van der Waals surface area contributed by atoms with Gasteiger partial charge in [-0.15, -0.1) is 0 Å². The highest BCUT2D eigenvalue weighted by Gasteiger charge is 2.29. The van der Waals surface area contributed by atoms with E-state index in [1.807, 2.05) is 0 Å². The summed E-state index contributed by atoms with van der Waals surface area (Å²) in [4.78, 5) is 2.60. The van der Waals surface area contributed by atoms with Crippen molar-refractivity contribution < 1.29 is 0 Å². The van der Waals surface area contributed by atoms with Gasteiger partial charge in [0.1, 0.15) is 0 Å². The molecule has 0 spiro atoms. The Balaban J connectivity index is 1.74. The summed E-state index contributed by atoms with van der Waals surface area (Å²) in [5.41, 5.74) is 0. The van der Waals surface area contributed by atoms with Crippen LogP contribution in [0.1, 0.15) is 32.6 Å². The van der Waals surface area contributed by atoms with Gasteiger partial charge in [0.05, 0.1) is 0 Å². The molecule has 0 saturated carbocycles. The van der Waals surface area contributed by atoms with Gasteiger partial charge in [0.2, 0.25) is 0 Å². The number of likely N-dealkylation sites (tertiary alicyclic amines) is 1. The normalized spacial score (nSPS) is 26.8. The van der Waals surface area contributed by atoms with Crippen LogP contribution < -0.4 is 0 Å². The molecule has 0 atom stereocenters. The summed E-state index contributed by atoms with van der Waals surface area (Å²) in [5.74, 6) is 2.02. The Morgan fingerprint density at radius 2 is 1.35 bits per heavy atom. The van der Waals surface area contributed by atoms with Gasteiger partial charge in [-0.3, -0.25) is 0 Å². The first kappa shape index (κ1) is 13.3. The standard InChI is InChI=1S/C14H29N3/c1-4-16-9-5-13(6-10-16)14-7-11-17(12-8-14)15(2)3/h13-14H,4-12H2,1-3H3. The maximum atomic E-state index is 2.60. The van der Waals surface area contributed by atoms with Gasteiger partial charge in [-0.2, -0.15) is 0 Å². The van der Waals surface area contributed by atoms with Crippen molar-refractivity contribution in [2.24, 2.45) is 11.8 Å². The molecular weight excluding hydrogens is 210 g/mol. The van der Waals surface area contributed by atoms with Crippen molar-refractivity contribution in [3.8, 4) is 0 Å². The van der Waals surface area contributed by atoms with E-state index in [0.717, 1.165) is 11.8 Å². The number of hydrogen-bond donors (Lipinski definition) is 0. The summed E-state index contributed by atoms with van der Waals surface area (Å²) in [6, 6.07) is 0. The van der Waals surface area contributed by atoms with Crippen molar-refractivity contribution in [3.63, 3.8) is 0 Å². The highest BCUT2D eigenvalue weighted by Crippen LogP contribution is 2.32. The van der Waals surface area contributed by atoms with Crippen molar-refractivity contribution in [3.05, 3.63) is 0 Å². The van der Waals surface area contributed by atoms with Gasteiger partial charge in [-0.05, 0) is 57.2 Å². The quantitative estimate of drug-likeness (QED) is 0.745.